The Bertz CT molecular complexity index is 1030. The highest BCUT2D eigenvalue weighted by Gasteiger charge is 2.39. The van der Waals surface area contributed by atoms with E-state index in [4.69, 9.17) is 5.73 Å². The molecule has 0 amide bonds. The Labute approximate surface area is 205 Å². The van der Waals surface area contributed by atoms with Gasteiger partial charge in [0.1, 0.15) is 5.84 Å². The van der Waals surface area contributed by atoms with Crippen LogP contribution in [0.15, 0.2) is 59.9 Å². The highest BCUT2D eigenvalue weighted by Crippen LogP contribution is 2.39. The number of hydrogen-bond acceptors (Lipinski definition) is 4. The summed E-state index contributed by atoms with van der Waals surface area (Å²) in [5.41, 5.74) is 10.3. The highest BCUT2D eigenvalue weighted by atomic mass is 15.2. The van der Waals surface area contributed by atoms with Gasteiger partial charge >= 0.3 is 0 Å². The Balaban J connectivity index is 1.27. The molecule has 34 heavy (non-hydrogen) atoms. The minimum absolute atomic E-state index is 0.369. The maximum absolute atomic E-state index is 6.33. The summed E-state index contributed by atoms with van der Waals surface area (Å²) >= 11 is 0. The summed E-state index contributed by atoms with van der Waals surface area (Å²) in [5, 5.41) is 1.12. The predicted octanol–water partition coefficient (Wildman–Crippen LogP) is 4.07. The normalized spacial score (nSPS) is 20.8. The summed E-state index contributed by atoms with van der Waals surface area (Å²) in [6.45, 7) is 13.0. The lowest BCUT2D eigenvalue weighted by Gasteiger charge is -2.39. The molecule has 2 aliphatic heterocycles. The van der Waals surface area contributed by atoms with Gasteiger partial charge in [-0.3, -0.25) is 9.89 Å². The number of aliphatic imine (C=N–C) groups is 1. The Hall–Kier alpha value is -2.57. The van der Waals surface area contributed by atoms with Crippen molar-refractivity contribution >= 4 is 16.7 Å². The molecule has 2 aliphatic rings. The number of aromatic nitrogens is 1. The first-order chi connectivity index (χ1) is 16.4. The molecule has 1 aromatic carbocycles. The second-order valence-electron chi connectivity index (χ2n) is 10.5. The van der Waals surface area contributed by atoms with Crippen LogP contribution in [-0.2, 0) is 0 Å². The van der Waals surface area contributed by atoms with Crippen molar-refractivity contribution in [3.63, 3.8) is 0 Å². The third kappa shape index (κ3) is 5.73. The molecule has 1 atom stereocenters. The van der Waals surface area contributed by atoms with E-state index in [1.807, 2.05) is 24.4 Å². The largest absolute Gasteiger partial charge is 0.383 e. The van der Waals surface area contributed by atoms with Crippen LogP contribution < -0.4 is 5.73 Å². The summed E-state index contributed by atoms with van der Waals surface area (Å²) in [4.78, 5) is 15.3. The van der Waals surface area contributed by atoms with Crippen LogP contribution in [0.1, 0.15) is 38.2 Å². The van der Waals surface area contributed by atoms with Gasteiger partial charge in [-0.1, -0.05) is 24.8 Å². The summed E-state index contributed by atoms with van der Waals surface area (Å²) in [7, 11) is 4.42. The minimum atomic E-state index is 0.369. The standard InChI is InChI=1S/C28H42N6/c1-5-23(20-34-17-12-28(13-18-34)11-16-32(3)21-28)19-33(4)22(2)9-14-31-27(29)25-7-6-8-26-24(25)10-15-30-26/h5-8,10,15,19,22,30H,1,9,11-14,16-18,20-21H2,2-4H3,(H2,29,31)/b23-19+. The van der Waals surface area contributed by atoms with E-state index < -0.39 is 0 Å². The van der Waals surface area contributed by atoms with E-state index >= 15 is 0 Å². The van der Waals surface area contributed by atoms with E-state index in [1.54, 1.807) is 0 Å². The number of piperidine rings is 1. The van der Waals surface area contributed by atoms with Crippen molar-refractivity contribution in [2.24, 2.45) is 16.1 Å². The maximum Gasteiger partial charge on any atom is 0.126 e. The van der Waals surface area contributed by atoms with Crippen LogP contribution in [0.25, 0.3) is 10.9 Å². The molecular formula is C28H42N6. The second kappa shape index (κ2) is 10.8. The number of nitrogens with one attached hydrogen (secondary N) is 1. The molecule has 0 bridgehead atoms. The monoisotopic (exact) mass is 462 g/mol. The van der Waals surface area contributed by atoms with Gasteiger partial charge in [0.15, 0.2) is 0 Å². The Morgan fingerprint density at radius 1 is 1.26 bits per heavy atom. The van der Waals surface area contributed by atoms with Crippen molar-refractivity contribution in [1.29, 1.82) is 0 Å². The summed E-state index contributed by atoms with van der Waals surface area (Å²) in [6, 6.07) is 8.54. The van der Waals surface area contributed by atoms with Gasteiger partial charge in [-0.15, -0.1) is 0 Å². The van der Waals surface area contributed by atoms with Gasteiger partial charge in [0.25, 0.3) is 0 Å². The molecular weight excluding hydrogens is 420 g/mol. The molecule has 3 N–H and O–H groups in total. The van der Waals surface area contributed by atoms with Crippen molar-refractivity contribution in [2.45, 2.75) is 38.6 Å². The lowest BCUT2D eigenvalue weighted by molar-refractivity contribution is 0.118. The number of aromatic amines is 1. The molecule has 0 aliphatic carbocycles. The molecule has 0 saturated carbocycles. The van der Waals surface area contributed by atoms with Gasteiger partial charge in [0.05, 0.1) is 0 Å². The van der Waals surface area contributed by atoms with Gasteiger partial charge in [-0.05, 0) is 82.4 Å². The third-order valence-corrected chi connectivity index (χ3v) is 7.98. The first kappa shape index (κ1) is 24.6. The number of rotatable bonds is 9. The van der Waals surface area contributed by atoms with E-state index in [1.165, 1.54) is 51.0 Å². The molecule has 6 heteroatoms. The molecule has 1 aromatic heterocycles. The zero-order chi connectivity index (χ0) is 24.1. The van der Waals surface area contributed by atoms with E-state index in [9.17, 15) is 0 Å². The molecule has 4 rings (SSSR count). The molecule has 0 radical (unpaired) electrons. The SMILES string of the molecule is C=C/C(=C\N(C)C(C)CC/N=C(\N)c1cccc2[nH]ccc12)CN1CCC2(CCN(C)C2)CC1. The van der Waals surface area contributed by atoms with Crippen LogP contribution in [0.2, 0.25) is 0 Å². The van der Waals surface area contributed by atoms with Gasteiger partial charge < -0.3 is 20.5 Å². The average Bonchev–Trinajstić information content (AvgIpc) is 3.46. The molecule has 2 saturated heterocycles. The number of fused-ring (bicyclic) bond motifs is 1. The molecule has 184 valence electrons. The van der Waals surface area contributed by atoms with Crippen LogP contribution >= 0.6 is 0 Å². The fraction of sp³-hybridized carbons (Fsp3) is 0.536. The van der Waals surface area contributed by atoms with E-state index in [-0.39, 0.29) is 0 Å². The minimum Gasteiger partial charge on any atom is -0.383 e. The zero-order valence-electron chi connectivity index (χ0n) is 21.3. The number of likely N-dealkylation sites (tertiary alicyclic amines) is 2. The van der Waals surface area contributed by atoms with E-state index in [0.29, 0.717) is 23.8 Å². The van der Waals surface area contributed by atoms with Gasteiger partial charge in [-0.25, -0.2) is 0 Å². The van der Waals surface area contributed by atoms with Crippen LogP contribution in [0.4, 0.5) is 0 Å². The van der Waals surface area contributed by atoms with Crippen LogP contribution in [-0.4, -0.2) is 84.9 Å². The molecule has 2 fully saturated rings. The zero-order valence-corrected chi connectivity index (χ0v) is 21.3. The van der Waals surface area contributed by atoms with Crippen molar-refractivity contribution < 1.29 is 0 Å². The fourth-order valence-corrected chi connectivity index (χ4v) is 5.53. The summed E-state index contributed by atoms with van der Waals surface area (Å²) < 4.78 is 0. The number of H-pyrrole nitrogens is 1. The van der Waals surface area contributed by atoms with E-state index in [0.717, 1.165) is 29.4 Å². The molecule has 6 nitrogen and oxygen atoms in total. The Morgan fingerprint density at radius 2 is 2.03 bits per heavy atom. The Morgan fingerprint density at radius 3 is 2.74 bits per heavy atom. The second-order valence-corrected chi connectivity index (χ2v) is 10.5. The lowest BCUT2D eigenvalue weighted by atomic mass is 9.78. The first-order valence-corrected chi connectivity index (χ1v) is 12.7. The fourth-order valence-electron chi connectivity index (χ4n) is 5.53. The molecule has 2 aromatic rings. The van der Waals surface area contributed by atoms with Crippen molar-refractivity contribution in [3.05, 3.63) is 60.5 Å². The van der Waals surface area contributed by atoms with Crippen LogP contribution in [0.3, 0.4) is 0 Å². The topological polar surface area (TPSA) is 63.9 Å². The summed E-state index contributed by atoms with van der Waals surface area (Å²) in [5.74, 6) is 0.610. The first-order valence-electron chi connectivity index (χ1n) is 12.7. The summed E-state index contributed by atoms with van der Waals surface area (Å²) in [6.07, 6.45) is 11.2. The maximum atomic E-state index is 6.33. The van der Waals surface area contributed by atoms with Crippen LogP contribution in [0, 0.1) is 5.41 Å². The van der Waals surface area contributed by atoms with E-state index in [2.05, 4.69) is 70.6 Å². The van der Waals surface area contributed by atoms with Crippen molar-refractivity contribution in [3.8, 4) is 0 Å². The van der Waals surface area contributed by atoms with Gasteiger partial charge in [-0.2, -0.15) is 0 Å². The quantitative estimate of drug-likeness (QED) is 0.335. The third-order valence-electron chi connectivity index (χ3n) is 7.98. The number of hydrogen-bond donors (Lipinski definition) is 2. The molecule has 1 spiro atoms. The van der Waals surface area contributed by atoms with Crippen molar-refractivity contribution in [1.82, 2.24) is 19.7 Å². The predicted molar refractivity (Wildman–Crippen MR) is 144 cm³/mol. The van der Waals surface area contributed by atoms with Crippen LogP contribution in [0.5, 0.6) is 0 Å². The van der Waals surface area contributed by atoms with Crippen molar-refractivity contribution in [2.75, 3.05) is 53.4 Å². The van der Waals surface area contributed by atoms with Gasteiger partial charge in [0.2, 0.25) is 0 Å². The van der Waals surface area contributed by atoms with Gasteiger partial charge in [0, 0.05) is 61.6 Å². The number of amidine groups is 1. The smallest absolute Gasteiger partial charge is 0.126 e. The lowest BCUT2D eigenvalue weighted by Crippen LogP contribution is -2.42. The number of nitrogens with two attached hydrogens (primary N) is 1. The highest BCUT2D eigenvalue weighted by molar-refractivity contribution is 6.08. The number of benzene rings is 1. The Kier molecular flexibility index (Phi) is 7.79. The molecule has 1 unspecified atom stereocenters. The average molecular weight is 463 g/mol. The number of nitrogens with zero attached hydrogens (tertiary/aromatic N) is 4. The molecule has 3 heterocycles.